The van der Waals surface area contributed by atoms with Crippen LogP contribution in [0.15, 0.2) is 54.6 Å². The molecule has 3 rings (SSSR count). The van der Waals surface area contributed by atoms with Crippen LogP contribution in [-0.4, -0.2) is 35.4 Å². The molecule has 2 aromatic rings. The first-order chi connectivity index (χ1) is 14.0. The average molecular weight is 398 g/mol. The van der Waals surface area contributed by atoms with Crippen molar-refractivity contribution in [2.24, 2.45) is 0 Å². The Kier molecular flexibility index (Phi) is 7.22. The van der Waals surface area contributed by atoms with Crippen molar-refractivity contribution in [3.8, 4) is 5.75 Å². The Morgan fingerprint density at radius 2 is 1.76 bits per heavy atom. The second-order valence-electron chi connectivity index (χ2n) is 7.42. The zero-order chi connectivity index (χ0) is 20.6. The van der Waals surface area contributed by atoms with Crippen LogP contribution in [0.25, 0.3) is 0 Å². The summed E-state index contributed by atoms with van der Waals surface area (Å²) in [6.45, 7) is 1.83. The number of nitrogens with zero attached hydrogens (tertiary/aromatic N) is 1. The van der Waals surface area contributed by atoms with Gasteiger partial charge in [-0.3, -0.25) is 9.59 Å². The summed E-state index contributed by atoms with van der Waals surface area (Å²) in [4.78, 5) is 27.2. The van der Waals surface area contributed by atoms with Gasteiger partial charge in [0.25, 0.3) is 5.91 Å². The average Bonchev–Trinajstić information content (AvgIpc) is 3.24. The normalized spacial score (nSPS) is 15.0. The van der Waals surface area contributed by atoms with E-state index in [-0.39, 0.29) is 30.3 Å². The van der Waals surface area contributed by atoms with Crippen molar-refractivity contribution in [1.82, 2.24) is 10.2 Å². The summed E-state index contributed by atoms with van der Waals surface area (Å²) in [5.41, 5.74) is 0.933. The molecule has 0 heterocycles. The van der Waals surface area contributed by atoms with E-state index in [2.05, 4.69) is 5.32 Å². The van der Waals surface area contributed by atoms with Crippen LogP contribution in [0.3, 0.4) is 0 Å². The molecule has 1 aliphatic rings. The minimum atomic E-state index is -0.625. The van der Waals surface area contributed by atoms with Crippen molar-refractivity contribution in [3.05, 3.63) is 66.0 Å². The van der Waals surface area contributed by atoms with E-state index in [4.69, 9.17) is 4.74 Å². The Morgan fingerprint density at radius 3 is 2.41 bits per heavy atom. The highest BCUT2D eigenvalue weighted by atomic mass is 19.1. The lowest BCUT2D eigenvalue weighted by Crippen LogP contribution is -2.50. The van der Waals surface area contributed by atoms with Gasteiger partial charge in [-0.2, -0.15) is 0 Å². The van der Waals surface area contributed by atoms with Crippen LogP contribution in [0, 0.1) is 5.82 Å². The number of ether oxygens (including phenoxy) is 1. The maximum Gasteiger partial charge on any atom is 0.261 e. The van der Waals surface area contributed by atoms with Gasteiger partial charge in [-0.15, -0.1) is 0 Å². The van der Waals surface area contributed by atoms with Crippen LogP contribution in [0.4, 0.5) is 4.39 Å². The van der Waals surface area contributed by atoms with Crippen molar-refractivity contribution in [2.45, 2.75) is 51.2 Å². The van der Waals surface area contributed by atoms with Crippen molar-refractivity contribution < 1.29 is 18.7 Å². The van der Waals surface area contributed by atoms with Gasteiger partial charge in [-0.05, 0) is 49.6 Å². The first-order valence-corrected chi connectivity index (χ1v) is 10.0. The highest BCUT2D eigenvalue weighted by Crippen LogP contribution is 2.19. The van der Waals surface area contributed by atoms with Gasteiger partial charge < -0.3 is 15.0 Å². The minimum Gasteiger partial charge on any atom is -0.484 e. The fourth-order valence-corrected chi connectivity index (χ4v) is 3.51. The van der Waals surface area contributed by atoms with E-state index in [0.717, 1.165) is 31.2 Å². The summed E-state index contributed by atoms with van der Waals surface area (Å²) in [7, 11) is 0. The summed E-state index contributed by atoms with van der Waals surface area (Å²) >= 11 is 0. The number of hydrogen-bond acceptors (Lipinski definition) is 3. The second-order valence-corrected chi connectivity index (χ2v) is 7.42. The SMILES string of the molecule is C[C@@H](C(=O)NC1CCCC1)N(Cc1ccccc1)C(=O)COc1ccc(F)cc1. The molecule has 0 spiro atoms. The fraction of sp³-hybridized carbons (Fsp3) is 0.391. The molecule has 1 N–H and O–H groups in total. The van der Waals surface area contributed by atoms with Gasteiger partial charge in [0.05, 0.1) is 0 Å². The van der Waals surface area contributed by atoms with E-state index < -0.39 is 6.04 Å². The number of carbonyl (C=O) groups excluding carboxylic acids is 2. The predicted octanol–water partition coefficient (Wildman–Crippen LogP) is 3.68. The van der Waals surface area contributed by atoms with Crippen molar-refractivity contribution in [2.75, 3.05) is 6.61 Å². The van der Waals surface area contributed by atoms with Gasteiger partial charge in [-0.25, -0.2) is 4.39 Å². The fourth-order valence-electron chi connectivity index (χ4n) is 3.51. The molecule has 0 aliphatic heterocycles. The Balaban J connectivity index is 1.67. The molecular weight excluding hydrogens is 371 g/mol. The molecule has 0 saturated heterocycles. The quantitative estimate of drug-likeness (QED) is 0.738. The van der Waals surface area contributed by atoms with Gasteiger partial charge in [0.15, 0.2) is 6.61 Å². The minimum absolute atomic E-state index is 0.150. The molecule has 0 bridgehead atoms. The molecular formula is C23H27FN2O3. The van der Waals surface area contributed by atoms with Gasteiger partial charge in [0, 0.05) is 12.6 Å². The highest BCUT2D eigenvalue weighted by molar-refractivity contribution is 5.88. The molecule has 0 aromatic heterocycles. The Hall–Kier alpha value is -2.89. The van der Waals surface area contributed by atoms with Crippen LogP contribution in [0.1, 0.15) is 38.2 Å². The van der Waals surface area contributed by atoms with Crippen LogP contribution < -0.4 is 10.1 Å². The maximum atomic E-state index is 13.0. The summed E-state index contributed by atoms with van der Waals surface area (Å²) in [6.07, 6.45) is 4.21. The number of carbonyl (C=O) groups is 2. The number of benzene rings is 2. The molecule has 154 valence electrons. The topological polar surface area (TPSA) is 58.6 Å². The van der Waals surface area contributed by atoms with E-state index in [1.807, 2.05) is 30.3 Å². The number of rotatable bonds is 8. The molecule has 0 radical (unpaired) electrons. The van der Waals surface area contributed by atoms with E-state index in [1.165, 1.54) is 29.2 Å². The molecule has 2 amide bonds. The third-order valence-corrected chi connectivity index (χ3v) is 5.24. The standard InChI is InChI=1S/C23H27FN2O3/c1-17(23(28)25-20-9-5-6-10-20)26(15-18-7-3-2-4-8-18)22(27)16-29-21-13-11-19(24)12-14-21/h2-4,7-8,11-14,17,20H,5-6,9-10,15-16H2,1H3,(H,25,28)/t17-/m0/s1. The van der Waals surface area contributed by atoms with Gasteiger partial charge in [-0.1, -0.05) is 43.2 Å². The number of halogens is 1. The van der Waals surface area contributed by atoms with Crippen LogP contribution in [0.2, 0.25) is 0 Å². The van der Waals surface area contributed by atoms with Crippen LogP contribution in [-0.2, 0) is 16.1 Å². The van der Waals surface area contributed by atoms with Gasteiger partial charge in [0.2, 0.25) is 5.91 Å². The van der Waals surface area contributed by atoms with Crippen LogP contribution >= 0.6 is 0 Å². The molecule has 1 saturated carbocycles. The molecule has 0 unspecified atom stereocenters. The predicted molar refractivity (Wildman–Crippen MR) is 109 cm³/mol. The zero-order valence-corrected chi connectivity index (χ0v) is 16.6. The highest BCUT2D eigenvalue weighted by Gasteiger charge is 2.28. The molecule has 6 heteroatoms. The van der Waals surface area contributed by atoms with E-state index in [1.54, 1.807) is 6.92 Å². The third-order valence-electron chi connectivity index (χ3n) is 5.24. The number of hydrogen-bond donors (Lipinski definition) is 1. The first kappa shape index (κ1) is 20.8. The van der Waals surface area contributed by atoms with E-state index >= 15 is 0 Å². The summed E-state index contributed by atoms with van der Waals surface area (Å²) in [6, 6.07) is 14.6. The summed E-state index contributed by atoms with van der Waals surface area (Å²) in [5, 5.41) is 3.06. The third kappa shape index (κ3) is 6.04. The monoisotopic (exact) mass is 398 g/mol. The molecule has 1 fully saturated rings. The first-order valence-electron chi connectivity index (χ1n) is 10.0. The van der Waals surface area contributed by atoms with E-state index in [9.17, 15) is 14.0 Å². The lowest BCUT2D eigenvalue weighted by Gasteiger charge is -2.29. The molecule has 1 atom stereocenters. The number of nitrogens with one attached hydrogen (secondary N) is 1. The van der Waals surface area contributed by atoms with Gasteiger partial charge in [0.1, 0.15) is 17.6 Å². The Bertz CT molecular complexity index is 805. The van der Waals surface area contributed by atoms with Crippen LogP contribution in [0.5, 0.6) is 5.75 Å². The maximum absolute atomic E-state index is 13.0. The van der Waals surface area contributed by atoms with Crippen molar-refractivity contribution in [1.29, 1.82) is 0 Å². The zero-order valence-electron chi connectivity index (χ0n) is 16.6. The molecule has 5 nitrogen and oxygen atoms in total. The lowest BCUT2D eigenvalue weighted by molar-refractivity contribution is -0.142. The Morgan fingerprint density at radius 1 is 1.10 bits per heavy atom. The van der Waals surface area contributed by atoms with E-state index in [0.29, 0.717) is 12.3 Å². The largest absolute Gasteiger partial charge is 0.484 e. The Labute approximate surface area is 170 Å². The number of amides is 2. The summed E-state index contributed by atoms with van der Waals surface area (Å²) in [5.74, 6) is -0.413. The van der Waals surface area contributed by atoms with Crippen molar-refractivity contribution >= 4 is 11.8 Å². The van der Waals surface area contributed by atoms with Gasteiger partial charge >= 0.3 is 0 Å². The lowest BCUT2D eigenvalue weighted by atomic mass is 10.1. The molecule has 29 heavy (non-hydrogen) atoms. The smallest absolute Gasteiger partial charge is 0.261 e. The second kappa shape index (κ2) is 10.0. The summed E-state index contributed by atoms with van der Waals surface area (Å²) < 4.78 is 18.6. The van der Waals surface area contributed by atoms with Crippen molar-refractivity contribution in [3.63, 3.8) is 0 Å². The molecule has 2 aromatic carbocycles. The molecule has 1 aliphatic carbocycles.